The molecule has 1 amide bonds. The molecule has 0 aliphatic carbocycles. The SMILES string of the molecule is O=C(Cc1ccc(Cl)c(Cl)c1)N1CCNCC1CN1CCCC1.O=C(O)C=CC(=O)O. The molecule has 0 spiro atoms. The number of hydrogen-bond donors (Lipinski definition) is 3. The molecule has 170 valence electrons. The third kappa shape index (κ3) is 8.86. The van der Waals surface area contributed by atoms with E-state index in [2.05, 4.69) is 10.2 Å². The summed E-state index contributed by atoms with van der Waals surface area (Å²) in [5.41, 5.74) is 0.919. The van der Waals surface area contributed by atoms with Gasteiger partial charge >= 0.3 is 11.9 Å². The molecule has 0 bridgehead atoms. The number of carbonyl (C=O) groups is 3. The number of carboxylic acids is 2. The Morgan fingerprint density at radius 2 is 1.68 bits per heavy atom. The highest BCUT2D eigenvalue weighted by molar-refractivity contribution is 6.42. The van der Waals surface area contributed by atoms with Crippen molar-refractivity contribution in [3.05, 3.63) is 46.0 Å². The number of carbonyl (C=O) groups excluding carboxylic acids is 1. The average Bonchev–Trinajstić information content (AvgIpc) is 3.23. The fourth-order valence-electron chi connectivity index (χ4n) is 3.58. The minimum absolute atomic E-state index is 0.175. The van der Waals surface area contributed by atoms with Crippen molar-refractivity contribution in [3.8, 4) is 0 Å². The Labute approximate surface area is 191 Å². The summed E-state index contributed by atoms with van der Waals surface area (Å²) in [6.07, 6.45) is 4.05. The van der Waals surface area contributed by atoms with Crippen LogP contribution < -0.4 is 5.32 Å². The van der Waals surface area contributed by atoms with Crippen molar-refractivity contribution in [2.75, 3.05) is 39.3 Å². The molecule has 2 saturated heterocycles. The molecular formula is C21H27Cl2N3O5. The lowest BCUT2D eigenvalue weighted by atomic mass is 10.1. The van der Waals surface area contributed by atoms with Crippen LogP contribution in [0.25, 0.3) is 0 Å². The maximum absolute atomic E-state index is 12.8. The molecule has 2 heterocycles. The van der Waals surface area contributed by atoms with Crippen molar-refractivity contribution in [2.45, 2.75) is 25.3 Å². The quantitative estimate of drug-likeness (QED) is 0.545. The molecule has 8 nitrogen and oxygen atoms in total. The Morgan fingerprint density at radius 3 is 2.26 bits per heavy atom. The fraction of sp³-hybridized carbons (Fsp3) is 0.476. The minimum Gasteiger partial charge on any atom is -0.478 e. The molecule has 3 N–H and O–H groups in total. The van der Waals surface area contributed by atoms with Crippen molar-refractivity contribution < 1.29 is 24.6 Å². The minimum atomic E-state index is -1.26. The molecule has 2 aliphatic rings. The number of rotatable bonds is 6. The molecule has 1 atom stereocenters. The van der Waals surface area contributed by atoms with Crippen LogP contribution in [-0.2, 0) is 20.8 Å². The molecule has 10 heteroatoms. The summed E-state index contributed by atoms with van der Waals surface area (Å²) in [4.78, 5) is 36.4. The molecular weight excluding hydrogens is 445 g/mol. The predicted molar refractivity (Wildman–Crippen MR) is 119 cm³/mol. The lowest BCUT2D eigenvalue weighted by Gasteiger charge is -2.38. The van der Waals surface area contributed by atoms with Crippen molar-refractivity contribution >= 4 is 41.0 Å². The molecule has 2 fully saturated rings. The van der Waals surface area contributed by atoms with Gasteiger partial charge in [-0.15, -0.1) is 0 Å². The van der Waals surface area contributed by atoms with Gasteiger partial charge in [-0.3, -0.25) is 4.79 Å². The first-order valence-corrected chi connectivity index (χ1v) is 10.8. The van der Waals surface area contributed by atoms with E-state index in [4.69, 9.17) is 33.4 Å². The molecule has 1 aromatic rings. The average molecular weight is 472 g/mol. The van der Waals surface area contributed by atoms with E-state index in [1.54, 1.807) is 12.1 Å². The standard InChI is InChI=1S/C17H23Cl2N3O.C4H4O4/c18-15-4-3-13(9-16(15)19)10-17(23)22-8-5-20-11-14(22)12-21-6-1-2-7-21;5-3(6)1-2-4(7)8/h3-4,9,14,20H,1-2,5-8,10-12H2;1-2H,(H,5,6)(H,7,8). The second-order valence-electron chi connectivity index (χ2n) is 7.39. The molecule has 1 aromatic carbocycles. The van der Waals surface area contributed by atoms with Crippen molar-refractivity contribution in [3.63, 3.8) is 0 Å². The van der Waals surface area contributed by atoms with Crippen LogP contribution in [0, 0.1) is 0 Å². The summed E-state index contributed by atoms with van der Waals surface area (Å²) in [5, 5.41) is 20.1. The third-order valence-electron chi connectivity index (χ3n) is 5.05. The highest BCUT2D eigenvalue weighted by Gasteiger charge is 2.28. The van der Waals surface area contributed by atoms with E-state index in [1.807, 2.05) is 11.0 Å². The first kappa shape index (κ1) is 25.1. The molecule has 3 rings (SSSR count). The number of piperazine rings is 1. The van der Waals surface area contributed by atoms with Gasteiger partial charge in [0.1, 0.15) is 0 Å². The number of aliphatic carboxylic acids is 2. The Bertz CT molecular complexity index is 796. The molecule has 1 unspecified atom stereocenters. The van der Waals surface area contributed by atoms with Gasteiger partial charge in [-0.1, -0.05) is 29.3 Å². The van der Waals surface area contributed by atoms with Crippen molar-refractivity contribution in [1.82, 2.24) is 15.1 Å². The number of hydrogen-bond acceptors (Lipinski definition) is 5. The van der Waals surface area contributed by atoms with Gasteiger partial charge in [-0.05, 0) is 43.6 Å². The number of carboxylic acid groups (broad SMARTS) is 2. The molecule has 0 radical (unpaired) electrons. The number of nitrogens with zero attached hydrogens (tertiary/aromatic N) is 2. The van der Waals surface area contributed by atoms with Gasteiger partial charge in [0.25, 0.3) is 0 Å². The van der Waals surface area contributed by atoms with E-state index in [0.717, 1.165) is 44.8 Å². The van der Waals surface area contributed by atoms with E-state index in [-0.39, 0.29) is 11.9 Å². The first-order valence-electron chi connectivity index (χ1n) is 10.1. The van der Waals surface area contributed by atoms with Crippen LogP contribution in [0.1, 0.15) is 18.4 Å². The second kappa shape index (κ2) is 12.7. The molecule has 0 saturated carbocycles. The van der Waals surface area contributed by atoms with Gasteiger partial charge in [0.15, 0.2) is 0 Å². The summed E-state index contributed by atoms with van der Waals surface area (Å²) in [7, 11) is 0. The Balaban J connectivity index is 0.000000366. The lowest BCUT2D eigenvalue weighted by Crippen LogP contribution is -2.57. The van der Waals surface area contributed by atoms with Crippen LogP contribution in [0.3, 0.4) is 0 Å². The summed E-state index contributed by atoms with van der Waals surface area (Å²) < 4.78 is 0. The highest BCUT2D eigenvalue weighted by atomic mass is 35.5. The van der Waals surface area contributed by atoms with Gasteiger partial charge in [0.2, 0.25) is 5.91 Å². The van der Waals surface area contributed by atoms with Crippen LogP contribution in [0.2, 0.25) is 10.0 Å². The van der Waals surface area contributed by atoms with Crippen LogP contribution in [0.4, 0.5) is 0 Å². The maximum atomic E-state index is 12.8. The number of halogens is 2. The van der Waals surface area contributed by atoms with E-state index in [9.17, 15) is 14.4 Å². The maximum Gasteiger partial charge on any atom is 0.328 e. The van der Waals surface area contributed by atoms with Gasteiger partial charge in [0, 0.05) is 38.3 Å². The zero-order chi connectivity index (χ0) is 22.8. The topological polar surface area (TPSA) is 110 Å². The summed E-state index contributed by atoms with van der Waals surface area (Å²) in [6, 6.07) is 5.69. The Hall–Kier alpha value is -2.13. The third-order valence-corrected chi connectivity index (χ3v) is 5.79. The van der Waals surface area contributed by atoms with Crippen molar-refractivity contribution in [1.29, 1.82) is 0 Å². The molecule has 2 aliphatic heterocycles. The summed E-state index contributed by atoms with van der Waals surface area (Å²) >= 11 is 12.0. The predicted octanol–water partition coefficient (Wildman–Crippen LogP) is 2.14. The van der Waals surface area contributed by atoms with Gasteiger partial charge < -0.3 is 25.3 Å². The van der Waals surface area contributed by atoms with E-state index in [1.165, 1.54) is 12.8 Å². The number of amides is 1. The lowest BCUT2D eigenvalue weighted by molar-refractivity contribution is -0.134. The summed E-state index contributed by atoms with van der Waals surface area (Å²) in [6.45, 7) is 5.81. The monoisotopic (exact) mass is 471 g/mol. The van der Waals surface area contributed by atoms with E-state index in [0.29, 0.717) is 28.6 Å². The fourth-order valence-corrected chi connectivity index (χ4v) is 3.90. The second-order valence-corrected chi connectivity index (χ2v) is 8.20. The number of likely N-dealkylation sites (tertiary alicyclic amines) is 1. The zero-order valence-electron chi connectivity index (χ0n) is 17.1. The largest absolute Gasteiger partial charge is 0.478 e. The summed E-state index contributed by atoms with van der Waals surface area (Å²) in [5.74, 6) is -2.34. The van der Waals surface area contributed by atoms with Gasteiger partial charge in [-0.25, -0.2) is 9.59 Å². The van der Waals surface area contributed by atoms with Crippen LogP contribution >= 0.6 is 23.2 Å². The Kier molecular flexibility index (Phi) is 10.3. The Morgan fingerprint density at radius 1 is 1.03 bits per heavy atom. The highest BCUT2D eigenvalue weighted by Crippen LogP contribution is 2.23. The normalized spacial score (nSPS) is 19.2. The van der Waals surface area contributed by atoms with E-state index < -0.39 is 11.9 Å². The number of benzene rings is 1. The zero-order valence-corrected chi connectivity index (χ0v) is 18.6. The number of nitrogens with one attached hydrogen (secondary N) is 1. The van der Waals surface area contributed by atoms with Crippen LogP contribution in [0.15, 0.2) is 30.4 Å². The van der Waals surface area contributed by atoms with Crippen LogP contribution in [-0.4, -0.2) is 83.2 Å². The van der Waals surface area contributed by atoms with Crippen molar-refractivity contribution in [2.24, 2.45) is 0 Å². The smallest absolute Gasteiger partial charge is 0.328 e. The van der Waals surface area contributed by atoms with Gasteiger partial charge in [-0.2, -0.15) is 0 Å². The molecule has 31 heavy (non-hydrogen) atoms. The van der Waals surface area contributed by atoms with Crippen LogP contribution in [0.5, 0.6) is 0 Å². The molecule has 0 aromatic heterocycles. The first-order chi connectivity index (χ1) is 14.8. The van der Waals surface area contributed by atoms with Gasteiger partial charge in [0.05, 0.1) is 22.5 Å². The van der Waals surface area contributed by atoms with E-state index >= 15 is 0 Å².